The molecule has 5 nitrogen and oxygen atoms in total. The summed E-state index contributed by atoms with van der Waals surface area (Å²) in [6.07, 6.45) is 0.195. The topological polar surface area (TPSA) is 73.2 Å². The monoisotopic (exact) mass is 205 g/mol. The Morgan fingerprint density at radius 3 is 2.31 bits per heavy atom. The van der Waals surface area contributed by atoms with E-state index in [0.29, 0.717) is 13.1 Å². The van der Waals surface area contributed by atoms with Crippen molar-refractivity contribution in [1.29, 1.82) is 5.26 Å². The average molecular weight is 205 g/mol. The van der Waals surface area contributed by atoms with E-state index in [-0.39, 0.29) is 13.0 Å². The third-order valence-corrected chi connectivity index (χ3v) is 3.33. The molecule has 0 rings (SSSR count). The largest absolute Gasteiger partial charge is 0.279 e. The fourth-order valence-electron chi connectivity index (χ4n) is 0.891. The lowest BCUT2D eigenvalue weighted by Crippen LogP contribution is -2.40. The summed E-state index contributed by atoms with van der Waals surface area (Å²) < 4.78 is 26.4. The molecule has 6 heteroatoms. The highest BCUT2D eigenvalue weighted by atomic mass is 32.2. The van der Waals surface area contributed by atoms with Crippen molar-refractivity contribution in [1.82, 2.24) is 9.03 Å². The number of nitriles is 1. The van der Waals surface area contributed by atoms with Gasteiger partial charge in [0.05, 0.1) is 6.07 Å². The molecule has 0 amide bonds. The van der Waals surface area contributed by atoms with Crippen LogP contribution in [-0.2, 0) is 10.2 Å². The number of hydrogen-bond acceptors (Lipinski definition) is 3. The minimum Gasteiger partial charge on any atom is -0.201 e. The standard InChI is InChI=1S/C7H15N3O2S/c1-3-10(4-2)13(11,12)9-7-5-6-8/h9H,3-5,7H2,1-2H3. The van der Waals surface area contributed by atoms with Crippen LogP contribution in [0.1, 0.15) is 20.3 Å². The number of nitrogens with zero attached hydrogens (tertiary/aromatic N) is 2. The van der Waals surface area contributed by atoms with Crippen molar-refractivity contribution in [2.24, 2.45) is 0 Å². The van der Waals surface area contributed by atoms with Gasteiger partial charge in [-0.05, 0) is 0 Å². The lowest BCUT2D eigenvalue weighted by atomic mass is 10.5. The van der Waals surface area contributed by atoms with Crippen molar-refractivity contribution < 1.29 is 8.42 Å². The van der Waals surface area contributed by atoms with E-state index in [4.69, 9.17) is 5.26 Å². The van der Waals surface area contributed by atoms with E-state index in [1.807, 2.05) is 6.07 Å². The van der Waals surface area contributed by atoms with E-state index in [2.05, 4.69) is 4.72 Å². The quantitative estimate of drug-likeness (QED) is 0.624. The van der Waals surface area contributed by atoms with Crippen LogP contribution in [0.25, 0.3) is 0 Å². The van der Waals surface area contributed by atoms with Crippen molar-refractivity contribution in [2.45, 2.75) is 20.3 Å². The molecular formula is C7H15N3O2S. The van der Waals surface area contributed by atoms with Crippen molar-refractivity contribution >= 4 is 10.2 Å². The third kappa shape index (κ3) is 4.22. The van der Waals surface area contributed by atoms with Gasteiger partial charge in [0.1, 0.15) is 0 Å². The summed E-state index contributed by atoms with van der Waals surface area (Å²) in [5.41, 5.74) is 0. The summed E-state index contributed by atoms with van der Waals surface area (Å²) in [5.74, 6) is 0. The first-order chi connectivity index (χ1) is 6.08. The lowest BCUT2D eigenvalue weighted by Gasteiger charge is -2.18. The van der Waals surface area contributed by atoms with E-state index >= 15 is 0 Å². The summed E-state index contributed by atoms with van der Waals surface area (Å²) in [7, 11) is -3.36. The maximum Gasteiger partial charge on any atom is 0.279 e. The molecule has 0 bridgehead atoms. The van der Waals surface area contributed by atoms with Gasteiger partial charge in [0, 0.05) is 26.1 Å². The van der Waals surface area contributed by atoms with Crippen LogP contribution in [0.3, 0.4) is 0 Å². The van der Waals surface area contributed by atoms with E-state index in [0.717, 1.165) is 0 Å². The number of hydrogen-bond donors (Lipinski definition) is 1. The molecule has 0 aliphatic heterocycles. The Morgan fingerprint density at radius 2 is 1.92 bits per heavy atom. The zero-order valence-corrected chi connectivity index (χ0v) is 8.76. The number of nitrogens with one attached hydrogen (secondary N) is 1. The molecule has 0 aliphatic rings. The predicted octanol–water partition coefficient (Wildman–Crippen LogP) is 0.0763. The fraction of sp³-hybridized carbons (Fsp3) is 0.857. The van der Waals surface area contributed by atoms with Gasteiger partial charge in [0.25, 0.3) is 10.2 Å². The average Bonchev–Trinajstić information content (AvgIpc) is 2.06. The first-order valence-electron chi connectivity index (χ1n) is 4.20. The Hall–Kier alpha value is -0.640. The molecule has 0 aromatic rings. The van der Waals surface area contributed by atoms with Gasteiger partial charge >= 0.3 is 0 Å². The fourth-order valence-corrected chi connectivity index (χ4v) is 2.11. The first kappa shape index (κ1) is 12.4. The molecule has 0 aromatic heterocycles. The zero-order valence-electron chi connectivity index (χ0n) is 7.95. The third-order valence-electron chi connectivity index (χ3n) is 1.57. The summed E-state index contributed by atoms with van der Waals surface area (Å²) in [6.45, 7) is 4.60. The molecule has 1 N–H and O–H groups in total. The molecule has 0 atom stereocenters. The Kier molecular flexibility index (Phi) is 5.62. The van der Waals surface area contributed by atoms with E-state index in [1.54, 1.807) is 13.8 Å². The van der Waals surface area contributed by atoms with Gasteiger partial charge in [-0.25, -0.2) is 4.72 Å². The molecule has 0 aromatic carbocycles. The molecule has 0 saturated carbocycles. The van der Waals surface area contributed by atoms with E-state index < -0.39 is 10.2 Å². The SMILES string of the molecule is CCN(CC)S(=O)(=O)NCCC#N. The van der Waals surface area contributed by atoms with Gasteiger partial charge in [-0.3, -0.25) is 0 Å². The van der Waals surface area contributed by atoms with Crippen molar-refractivity contribution in [3.63, 3.8) is 0 Å². The van der Waals surface area contributed by atoms with Crippen LogP contribution < -0.4 is 4.72 Å². The first-order valence-corrected chi connectivity index (χ1v) is 5.64. The second kappa shape index (κ2) is 5.91. The van der Waals surface area contributed by atoms with Gasteiger partial charge in [-0.2, -0.15) is 18.0 Å². The van der Waals surface area contributed by atoms with Gasteiger partial charge in [0.15, 0.2) is 0 Å². The summed E-state index contributed by atoms with van der Waals surface area (Å²) in [5, 5.41) is 8.22. The maximum atomic E-state index is 11.4. The molecule has 0 unspecified atom stereocenters. The molecule has 0 fully saturated rings. The van der Waals surface area contributed by atoms with E-state index in [9.17, 15) is 8.42 Å². The highest BCUT2D eigenvalue weighted by Gasteiger charge is 2.16. The second-order valence-electron chi connectivity index (χ2n) is 2.39. The van der Waals surface area contributed by atoms with Crippen LogP contribution in [0.5, 0.6) is 0 Å². The Labute approximate surface area is 79.5 Å². The Bertz CT molecular complexity index is 264. The molecule has 0 spiro atoms. The van der Waals surface area contributed by atoms with Gasteiger partial charge < -0.3 is 0 Å². The van der Waals surface area contributed by atoms with Crippen molar-refractivity contribution in [2.75, 3.05) is 19.6 Å². The van der Waals surface area contributed by atoms with Gasteiger partial charge in [-0.15, -0.1) is 0 Å². The second-order valence-corrected chi connectivity index (χ2v) is 4.15. The maximum absolute atomic E-state index is 11.4. The molecule has 0 saturated heterocycles. The summed E-state index contributed by atoms with van der Waals surface area (Å²) in [4.78, 5) is 0. The van der Waals surface area contributed by atoms with Crippen LogP contribution in [0.4, 0.5) is 0 Å². The predicted molar refractivity (Wildman–Crippen MR) is 50.1 cm³/mol. The van der Waals surface area contributed by atoms with Gasteiger partial charge in [0.2, 0.25) is 0 Å². The zero-order chi connectivity index (χ0) is 10.3. The Balaban J connectivity index is 4.15. The summed E-state index contributed by atoms with van der Waals surface area (Å²) >= 11 is 0. The normalized spacial score (nSPS) is 11.5. The smallest absolute Gasteiger partial charge is 0.201 e. The highest BCUT2D eigenvalue weighted by molar-refractivity contribution is 7.87. The molecule has 76 valence electrons. The molecular weight excluding hydrogens is 190 g/mol. The van der Waals surface area contributed by atoms with E-state index in [1.165, 1.54) is 4.31 Å². The van der Waals surface area contributed by atoms with Crippen LogP contribution >= 0.6 is 0 Å². The lowest BCUT2D eigenvalue weighted by molar-refractivity contribution is 0.435. The number of rotatable bonds is 6. The van der Waals surface area contributed by atoms with Gasteiger partial charge in [-0.1, -0.05) is 13.8 Å². The van der Waals surface area contributed by atoms with Crippen LogP contribution in [0.15, 0.2) is 0 Å². The molecule has 0 heterocycles. The van der Waals surface area contributed by atoms with Crippen LogP contribution in [0, 0.1) is 11.3 Å². The Morgan fingerprint density at radius 1 is 1.38 bits per heavy atom. The van der Waals surface area contributed by atoms with Crippen LogP contribution in [0.2, 0.25) is 0 Å². The molecule has 0 aliphatic carbocycles. The summed E-state index contributed by atoms with van der Waals surface area (Å²) in [6, 6.07) is 1.87. The highest BCUT2D eigenvalue weighted by Crippen LogP contribution is 1.95. The minimum atomic E-state index is -3.36. The molecule has 0 radical (unpaired) electrons. The molecule has 13 heavy (non-hydrogen) atoms. The minimum absolute atomic E-state index is 0.176. The van der Waals surface area contributed by atoms with Crippen molar-refractivity contribution in [3.8, 4) is 6.07 Å². The van der Waals surface area contributed by atoms with Crippen molar-refractivity contribution in [3.05, 3.63) is 0 Å². The van der Waals surface area contributed by atoms with Crippen LogP contribution in [-0.4, -0.2) is 32.4 Å².